The van der Waals surface area contributed by atoms with Crippen molar-refractivity contribution in [3.8, 4) is 0 Å². The molecular weight excluding hydrogens is 416 g/mol. The monoisotopic (exact) mass is 476 g/mol. The average molecular weight is 477 g/mol. The first-order valence-electron chi connectivity index (χ1n) is 15.7. The molecule has 3 fully saturated rings. The van der Waals surface area contributed by atoms with Crippen LogP contribution in [0.15, 0.2) is 0 Å². The highest BCUT2D eigenvalue weighted by Crippen LogP contribution is 2.43. The Balaban J connectivity index is 1.30. The normalized spacial score (nSPS) is 35.7. The minimum atomic E-state index is -0.114. The van der Waals surface area contributed by atoms with Crippen molar-refractivity contribution in [2.45, 2.75) is 155 Å². The Bertz CT molecular complexity index is 521. The molecule has 0 aromatic rings. The van der Waals surface area contributed by atoms with Crippen LogP contribution in [0.25, 0.3) is 0 Å². The second-order valence-electron chi connectivity index (χ2n) is 13.6. The SMILES string of the molecule is CCC1CCC(C2CCC(C[C@H](O)CCC[C@@H](CC(O)C3CCC(C)CC3)C(C)C)CC2)CC1. The second-order valence-corrected chi connectivity index (χ2v) is 13.6. The fraction of sp³-hybridized carbons (Fsp3) is 1.00. The van der Waals surface area contributed by atoms with Crippen molar-refractivity contribution in [2.24, 2.45) is 47.3 Å². The molecule has 2 heteroatoms. The molecule has 2 nitrogen and oxygen atoms in total. The molecular formula is C32H60O2. The number of rotatable bonds is 12. The molecule has 0 radical (unpaired) electrons. The molecule has 0 aromatic heterocycles. The Morgan fingerprint density at radius 3 is 1.79 bits per heavy atom. The smallest absolute Gasteiger partial charge is 0.0571 e. The minimum absolute atomic E-state index is 0.112. The van der Waals surface area contributed by atoms with E-state index in [2.05, 4.69) is 27.7 Å². The minimum Gasteiger partial charge on any atom is -0.393 e. The van der Waals surface area contributed by atoms with Gasteiger partial charge in [0.15, 0.2) is 0 Å². The maximum absolute atomic E-state index is 10.9. The third-order valence-corrected chi connectivity index (χ3v) is 10.8. The lowest BCUT2D eigenvalue weighted by Crippen LogP contribution is -2.29. The maximum Gasteiger partial charge on any atom is 0.0571 e. The van der Waals surface area contributed by atoms with E-state index in [4.69, 9.17) is 0 Å². The van der Waals surface area contributed by atoms with Crippen LogP contribution in [-0.4, -0.2) is 22.4 Å². The van der Waals surface area contributed by atoms with Gasteiger partial charge in [-0.1, -0.05) is 85.5 Å². The van der Waals surface area contributed by atoms with Gasteiger partial charge in [-0.25, -0.2) is 0 Å². The summed E-state index contributed by atoms with van der Waals surface area (Å²) < 4.78 is 0. The van der Waals surface area contributed by atoms with E-state index < -0.39 is 0 Å². The zero-order chi connectivity index (χ0) is 24.5. The number of hydrogen-bond donors (Lipinski definition) is 2. The fourth-order valence-corrected chi connectivity index (χ4v) is 7.98. The van der Waals surface area contributed by atoms with Crippen molar-refractivity contribution in [1.82, 2.24) is 0 Å². The zero-order valence-electron chi connectivity index (χ0n) is 23.4. The van der Waals surface area contributed by atoms with E-state index in [-0.39, 0.29) is 12.2 Å². The van der Waals surface area contributed by atoms with Crippen molar-refractivity contribution >= 4 is 0 Å². The van der Waals surface area contributed by atoms with Gasteiger partial charge >= 0.3 is 0 Å². The molecule has 0 bridgehead atoms. The first-order chi connectivity index (χ1) is 16.4. The van der Waals surface area contributed by atoms with Gasteiger partial charge in [0.25, 0.3) is 0 Å². The van der Waals surface area contributed by atoms with Crippen LogP contribution in [0, 0.1) is 47.3 Å². The van der Waals surface area contributed by atoms with Crippen molar-refractivity contribution in [3.63, 3.8) is 0 Å². The standard InChI is InChI=1S/C32H60O2/c1-5-25-11-17-27(18-12-25)28-19-13-26(14-20-28)21-31(33)8-6-7-30(23(2)3)22-32(34)29-15-9-24(4)10-16-29/h23-34H,5-22H2,1-4H3/t24?,25?,26?,27?,28?,29?,30-,31+,32?/m0/s1. The molecule has 0 aromatic carbocycles. The van der Waals surface area contributed by atoms with Gasteiger partial charge in [0.2, 0.25) is 0 Å². The number of aliphatic hydroxyl groups excluding tert-OH is 2. The summed E-state index contributed by atoms with van der Waals surface area (Å²) in [5.74, 6) is 6.36. The molecule has 3 aliphatic rings. The average Bonchev–Trinajstić information content (AvgIpc) is 2.84. The highest BCUT2D eigenvalue weighted by molar-refractivity contribution is 4.83. The Labute approximate surface area is 213 Å². The third kappa shape index (κ3) is 9.10. The van der Waals surface area contributed by atoms with Gasteiger partial charge in [0, 0.05) is 0 Å². The van der Waals surface area contributed by atoms with Gasteiger partial charge in [0.05, 0.1) is 12.2 Å². The molecule has 3 atom stereocenters. The summed E-state index contributed by atoms with van der Waals surface area (Å²) in [7, 11) is 0. The first kappa shape index (κ1) is 28.5. The summed E-state index contributed by atoms with van der Waals surface area (Å²) in [5.41, 5.74) is 0. The third-order valence-electron chi connectivity index (χ3n) is 10.8. The van der Waals surface area contributed by atoms with Gasteiger partial charge in [-0.15, -0.1) is 0 Å². The van der Waals surface area contributed by atoms with Crippen LogP contribution in [0.3, 0.4) is 0 Å². The van der Waals surface area contributed by atoms with Crippen molar-refractivity contribution < 1.29 is 10.2 Å². The number of hydrogen-bond acceptors (Lipinski definition) is 2. The van der Waals surface area contributed by atoms with Crippen molar-refractivity contribution in [2.75, 3.05) is 0 Å². The zero-order valence-corrected chi connectivity index (χ0v) is 23.4. The molecule has 3 saturated carbocycles. The van der Waals surface area contributed by atoms with E-state index in [0.717, 1.165) is 55.3 Å². The predicted molar refractivity (Wildman–Crippen MR) is 146 cm³/mol. The molecule has 0 spiro atoms. The lowest BCUT2D eigenvalue weighted by molar-refractivity contribution is 0.0447. The predicted octanol–water partition coefficient (Wildman–Crippen LogP) is 8.78. The van der Waals surface area contributed by atoms with Gasteiger partial charge in [0.1, 0.15) is 0 Å². The quantitative estimate of drug-likeness (QED) is 0.295. The van der Waals surface area contributed by atoms with Crippen LogP contribution in [0.4, 0.5) is 0 Å². The highest BCUT2D eigenvalue weighted by Gasteiger charge is 2.31. The van der Waals surface area contributed by atoms with E-state index >= 15 is 0 Å². The molecule has 0 aliphatic heterocycles. The van der Waals surface area contributed by atoms with Gasteiger partial charge in [-0.05, 0) is 105 Å². The molecule has 2 N–H and O–H groups in total. The van der Waals surface area contributed by atoms with E-state index in [1.165, 1.54) is 89.9 Å². The van der Waals surface area contributed by atoms with Crippen LogP contribution in [0.5, 0.6) is 0 Å². The summed E-state index contributed by atoms with van der Waals surface area (Å²) in [4.78, 5) is 0. The van der Waals surface area contributed by atoms with Crippen LogP contribution in [0.1, 0.15) is 143 Å². The molecule has 0 amide bonds. The summed E-state index contributed by atoms with van der Waals surface area (Å²) in [6.45, 7) is 9.37. The molecule has 3 rings (SSSR count). The van der Waals surface area contributed by atoms with E-state index in [1.807, 2.05) is 0 Å². The van der Waals surface area contributed by atoms with Crippen LogP contribution >= 0.6 is 0 Å². The topological polar surface area (TPSA) is 40.5 Å². The van der Waals surface area contributed by atoms with E-state index in [9.17, 15) is 10.2 Å². The summed E-state index contributed by atoms with van der Waals surface area (Å²) >= 11 is 0. The Morgan fingerprint density at radius 1 is 0.706 bits per heavy atom. The van der Waals surface area contributed by atoms with Gasteiger partial charge < -0.3 is 10.2 Å². The Kier molecular flexibility index (Phi) is 12.2. The van der Waals surface area contributed by atoms with Crippen molar-refractivity contribution in [3.05, 3.63) is 0 Å². The molecule has 0 heterocycles. The molecule has 200 valence electrons. The molecule has 3 aliphatic carbocycles. The summed E-state index contributed by atoms with van der Waals surface area (Å²) in [6, 6.07) is 0. The first-order valence-corrected chi connectivity index (χ1v) is 15.7. The van der Waals surface area contributed by atoms with Crippen LogP contribution in [-0.2, 0) is 0 Å². The highest BCUT2D eigenvalue weighted by atomic mass is 16.3. The molecule has 0 saturated heterocycles. The fourth-order valence-electron chi connectivity index (χ4n) is 7.98. The summed E-state index contributed by atoms with van der Waals surface area (Å²) in [5, 5.41) is 21.7. The van der Waals surface area contributed by atoms with Crippen LogP contribution < -0.4 is 0 Å². The lowest BCUT2D eigenvalue weighted by Gasteiger charge is -2.38. The number of aliphatic hydroxyl groups is 2. The molecule has 1 unspecified atom stereocenters. The second kappa shape index (κ2) is 14.6. The van der Waals surface area contributed by atoms with Gasteiger partial charge in [-0.2, -0.15) is 0 Å². The Hall–Kier alpha value is -0.0800. The van der Waals surface area contributed by atoms with E-state index in [1.54, 1.807) is 0 Å². The molecule has 34 heavy (non-hydrogen) atoms. The van der Waals surface area contributed by atoms with Crippen LogP contribution in [0.2, 0.25) is 0 Å². The lowest BCUT2D eigenvalue weighted by atomic mass is 9.68. The Morgan fingerprint density at radius 2 is 1.26 bits per heavy atom. The maximum atomic E-state index is 10.9. The largest absolute Gasteiger partial charge is 0.393 e. The van der Waals surface area contributed by atoms with Gasteiger partial charge in [-0.3, -0.25) is 0 Å². The van der Waals surface area contributed by atoms with Crippen molar-refractivity contribution in [1.29, 1.82) is 0 Å². The summed E-state index contributed by atoms with van der Waals surface area (Å²) in [6.07, 6.45) is 22.9. The van der Waals surface area contributed by atoms with E-state index in [0.29, 0.717) is 17.8 Å².